The quantitative estimate of drug-likeness (QED) is 0.118. The summed E-state index contributed by atoms with van der Waals surface area (Å²) in [6.07, 6.45) is 5.20. The predicted octanol–water partition coefficient (Wildman–Crippen LogP) is 6.83. The Kier molecular flexibility index (Phi) is 8.68. The molecule has 3 aromatic carbocycles. The van der Waals surface area contributed by atoms with Crippen LogP contribution in [0.1, 0.15) is 29.2 Å². The number of rotatable bonds is 10. The Bertz CT molecular complexity index is 1340. The Morgan fingerprint density at radius 2 is 1.86 bits per heavy atom. The number of thioether (sulfide) groups is 1. The zero-order valence-electron chi connectivity index (χ0n) is 20.2. The molecule has 0 spiro atoms. The Morgan fingerprint density at radius 3 is 2.51 bits per heavy atom. The third-order valence-corrected chi connectivity index (χ3v) is 7.34. The molecule has 1 fully saturated rings. The normalized spacial score (nSPS) is 15.9. The lowest BCUT2D eigenvalue weighted by Gasteiger charge is -2.14. The number of carbonyl (C=O) groups excluding carboxylic acids is 1. The molecule has 1 saturated heterocycles. The number of nitrogens with zero attached hydrogens (tertiary/aromatic N) is 1. The van der Waals surface area contributed by atoms with Crippen LogP contribution in [0.15, 0.2) is 82.7 Å². The minimum absolute atomic E-state index is 0.0373. The molecule has 0 aromatic heterocycles. The number of hydrogen-bond acceptors (Lipinski definition) is 6. The maximum Gasteiger partial charge on any atom is 0.269 e. The van der Waals surface area contributed by atoms with Gasteiger partial charge < -0.3 is 15.4 Å². The van der Waals surface area contributed by atoms with Crippen LogP contribution in [0.5, 0.6) is 5.75 Å². The van der Waals surface area contributed by atoms with Crippen LogP contribution in [-0.4, -0.2) is 16.3 Å². The molecule has 1 heterocycles. The lowest BCUT2D eigenvalue weighted by atomic mass is 10.1. The number of hydrogen-bond donors (Lipinski definition) is 2. The summed E-state index contributed by atoms with van der Waals surface area (Å²) < 4.78 is 6.82. The molecule has 3 aromatic rings. The van der Waals surface area contributed by atoms with E-state index in [1.807, 2.05) is 30.3 Å². The second kappa shape index (κ2) is 12.1. The van der Waals surface area contributed by atoms with Crippen LogP contribution >= 0.6 is 27.7 Å². The summed E-state index contributed by atoms with van der Waals surface area (Å²) in [6, 6.07) is 18.3. The van der Waals surface area contributed by atoms with Gasteiger partial charge in [-0.1, -0.05) is 36.9 Å². The average molecular weight is 581 g/mol. The van der Waals surface area contributed by atoms with Crippen molar-refractivity contribution in [3.8, 4) is 5.75 Å². The van der Waals surface area contributed by atoms with E-state index in [0.717, 1.165) is 33.3 Å². The number of halogens is 1. The molecule has 0 unspecified atom stereocenters. The van der Waals surface area contributed by atoms with Crippen LogP contribution in [-0.2, 0) is 24.2 Å². The van der Waals surface area contributed by atoms with Gasteiger partial charge in [-0.05, 0) is 93.5 Å². The van der Waals surface area contributed by atoms with Crippen molar-refractivity contribution >= 4 is 51.0 Å². The fourth-order valence-electron chi connectivity index (χ4n) is 3.80. The Labute approximate surface area is 228 Å². The van der Waals surface area contributed by atoms with Gasteiger partial charge in [0.15, 0.2) is 5.50 Å². The van der Waals surface area contributed by atoms with Crippen LogP contribution < -0.4 is 15.4 Å². The standard InChI is InChI=1S/C28H26BrN3O4S/c1-3-5-21-14-20(15-24(29)26(21)36-17-19-8-12-23(13-9-19)32(34)35)16-25-27(33)31-28(37-25)30-22-10-6-18(4-2)7-11-22/h3,6-16,28,30H,1,4-5,17H2,2H3,(H,31,33)/b25-16-/t28-/m1/s1. The lowest BCUT2D eigenvalue weighted by Crippen LogP contribution is -2.30. The molecule has 190 valence electrons. The van der Waals surface area contributed by atoms with Gasteiger partial charge >= 0.3 is 0 Å². The van der Waals surface area contributed by atoms with Gasteiger partial charge in [0.05, 0.1) is 14.3 Å². The van der Waals surface area contributed by atoms with Crippen molar-refractivity contribution in [1.29, 1.82) is 0 Å². The minimum atomic E-state index is -0.429. The number of nitrogens with one attached hydrogen (secondary N) is 2. The molecule has 9 heteroatoms. The number of amides is 1. The number of benzene rings is 3. The van der Waals surface area contributed by atoms with Crippen molar-refractivity contribution < 1.29 is 14.5 Å². The van der Waals surface area contributed by atoms with Gasteiger partial charge in [0, 0.05) is 17.8 Å². The van der Waals surface area contributed by atoms with Gasteiger partial charge in [-0.3, -0.25) is 14.9 Å². The molecule has 0 aliphatic carbocycles. The van der Waals surface area contributed by atoms with Gasteiger partial charge in [0.2, 0.25) is 0 Å². The molecule has 0 radical (unpaired) electrons. The topological polar surface area (TPSA) is 93.5 Å². The van der Waals surface area contributed by atoms with E-state index in [1.165, 1.54) is 29.5 Å². The number of anilines is 1. The fraction of sp³-hybridized carbons (Fsp3) is 0.179. The van der Waals surface area contributed by atoms with Gasteiger partial charge in [-0.15, -0.1) is 6.58 Å². The second-order valence-corrected chi connectivity index (χ2v) is 10.4. The summed E-state index contributed by atoms with van der Waals surface area (Å²) in [4.78, 5) is 23.7. The first-order valence-electron chi connectivity index (χ1n) is 11.7. The summed E-state index contributed by atoms with van der Waals surface area (Å²) in [6.45, 7) is 6.22. The first-order valence-corrected chi connectivity index (χ1v) is 13.4. The van der Waals surface area contributed by atoms with Crippen molar-refractivity contribution in [2.24, 2.45) is 0 Å². The number of ether oxygens (including phenoxy) is 1. The molecule has 7 nitrogen and oxygen atoms in total. The van der Waals surface area contributed by atoms with E-state index in [0.29, 0.717) is 17.1 Å². The molecular weight excluding hydrogens is 554 g/mol. The maximum atomic E-state index is 12.6. The molecular formula is C28H26BrN3O4S. The molecule has 1 atom stereocenters. The molecule has 4 rings (SSSR count). The minimum Gasteiger partial charge on any atom is -0.487 e. The highest BCUT2D eigenvalue weighted by atomic mass is 79.9. The van der Waals surface area contributed by atoms with E-state index in [9.17, 15) is 14.9 Å². The number of carbonyl (C=O) groups is 1. The third kappa shape index (κ3) is 6.81. The SMILES string of the molecule is C=CCc1cc(/C=C2\S[C@H](Nc3ccc(CC)cc3)NC2=O)cc(Br)c1OCc1ccc([N+](=O)[O-])cc1. The van der Waals surface area contributed by atoms with Crippen LogP contribution in [0.25, 0.3) is 6.08 Å². The Balaban J connectivity index is 1.48. The highest BCUT2D eigenvalue weighted by Crippen LogP contribution is 2.35. The first kappa shape index (κ1) is 26.5. The number of aryl methyl sites for hydroxylation is 1. The van der Waals surface area contributed by atoms with E-state index >= 15 is 0 Å². The zero-order valence-corrected chi connectivity index (χ0v) is 22.6. The third-order valence-electron chi connectivity index (χ3n) is 5.73. The summed E-state index contributed by atoms with van der Waals surface area (Å²) >= 11 is 5.04. The van der Waals surface area contributed by atoms with Crippen LogP contribution in [0.3, 0.4) is 0 Å². The molecule has 0 bridgehead atoms. The average Bonchev–Trinajstić information content (AvgIpc) is 3.22. The van der Waals surface area contributed by atoms with Crippen LogP contribution in [0, 0.1) is 10.1 Å². The van der Waals surface area contributed by atoms with E-state index in [4.69, 9.17) is 4.74 Å². The number of nitro groups is 1. The summed E-state index contributed by atoms with van der Waals surface area (Å²) in [7, 11) is 0. The van der Waals surface area contributed by atoms with E-state index in [-0.39, 0.29) is 23.7 Å². The van der Waals surface area contributed by atoms with E-state index in [2.05, 4.69) is 52.2 Å². The van der Waals surface area contributed by atoms with Crippen LogP contribution in [0.4, 0.5) is 11.4 Å². The van der Waals surface area contributed by atoms with Gasteiger partial charge in [0.25, 0.3) is 11.6 Å². The summed E-state index contributed by atoms with van der Waals surface area (Å²) in [5.74, 6) is 0.534. The summed E-state index contributed by atoms with van der Waals surface area (Å²) in [5, 5.41) is 17.2. The lowest BCUT2D eigenvalue weighted by molar-refractivity contribution is -0.384. The Morgan fingerprint density at radius 1 is 1.16 bits per heavy atom. The van der Waals surface area contributed by atoms with Crippen molar-refractivity contribution in [2.45, 2.75) is 31.9 Å². The molecule has 37 heavy (non-hydrogen) atoms. The smallest absolute Gasteiger partial charge is 0.269 e. The monoisotopic (exact) mass is 579 g/mol. The highest BCUT2D eigenvalue weighted by Gasteiger charge is 2.27. The largest absolute Gasteiger partial charge is 0.487 e. The Hall–Kier alpha value is -3.56. The van der Waals surface area contributed by atoms with Gasteiger partial charge in [-0.2, -0.15) is 0 Å². The number of nitro benzene ring substituents is 1. The van der Waals surface area contributed by atoms with E-state index in [1.54, 1.807) is 18.2 Å². The molecule has 0 saturated carbocycles. The molecule has 1 aliphatic rings. The number of allylic oxidation sites excluding steroid dienone is 1. The van der Waals surface area contributed by atoms with Crippen LogP contribution in [0.2, 0.25) is 0 Å². The maximum absolute atomic E-state index is 12.6. The number of non-ortho nitro benzene ring substituents is 1. The van der Waals surface area contributed by atoms with Crippen molar-refractivity contribution in [3.63, 3.8) is 0 Å². The van der Waals surface area contributed by atoms with Gasteiger partial charge in [-0.25, -0.2) is 0 Å². The van der Waals surface area contributed by atoms with Crippen molar-refractivity contribution in [2.75, 3.05) is 5.32 Å². The van der Waals surface area contributed by atoms with Gasteiger partial charge in [0.1, 0.15) is 12.4 Å². The second-order valence-electron chi connectivity index (χ2n) is 8.37. The predicted molar refractivity (Wildman–Crippen MR) is 152 cm³/mol. The molecule has 2 N–H and O–H groups in total. The molecule has 1 aliphatic heterocycles. The first-order chi connectivity index (χ1) is 17.9. The zero-order chi connectivity index (χ0) is 26.4. The van der Waals surface area contributed by atoms with Crippen molar-refractivity contribution in [3.05, 3.63) is 115 Å². The van der Waals surface area contributed by atoms with E-state index < -0.39 is 4.92 Å². The highest BCUT2D eigenvalue weighted by molar-refractivity contribution is 9.10. The fourth-order valence-corrected chi connectivity index (χ4v) is 5.42. The molecule has 1 amide bonds. The summed E-state index contributed by atoms with van der Waals surface area (Å²) in [5.41, 5.74) is 4.57. The van der Waals surface area contributed by atoms with Crippen molar-refractivity contribution in [1.82, 2.24) is 5.32 Å².